The van der Waals surface area contributed by atoms with Crippen molar-refractivity contribution in [3.05, 3.63) is 71.8 Å². The second-order valence-electron chi connectivity index (χ2n) is 5.20. The molecule has 0 aliphatic rings. The summed E-state index contributed by atoms with van der Waals surface area (Å²) in [4.78, 5) is 13.9. The van der Waals surface area contributed by atoms with E-state index in [4.69, 9.17) is 16.3 Å². The normalized spacial score (nSPS) is 10.5. The molecule has 1 amide bonds. The van der Waals surface area contributed by atoms with E-state index in [1.807, 2.05) is 54.6 Å². The molecule has 3 aromatic rings. The van der Waals surface area contributed by atoms with Gasteiger partial charge in [-0.15, -0.1) is 0 Å². The van der Waals surface area contributed by atoms with Gasteiger partial charge >= 0.3 is 0 Å². The number of benzene rings is 3. The summed E-state index contributed by atoms with van der Waals surface area (Å²) in [6.07, 6.45) is 0. The Kier molecular flexibility index (Phi) is 4.49. The third-order valence-electron chi connectivity index (χ3n) is 3.68. The minimum atomic E-state index is -0.139. The summed E-state index contributed by atoms with van der Waals surface area (Å²) in [5.41, 5.74) is 0.830. The molecular formula is C19H16ClNO2. The Hall–Kier alpha value is -2.52. The molecule has 0 atom stereocenters. The largest absolute Gasteiger partial charge is 0.482 e. The van der Waals surface area contributed by atoms with Crippen LogP contribution in [-0.4, -0.2) is 19.6 Å². The molecule has 0 saturated heterocycles. The number of nitrogens with zero attached hydrogens (tertiary/aromatic N) is 1. The van der Waals surface area contributed by atoms with Gasteiger partial charge in [0.15, 0.2) is 6.61 Å². The maximum atomic E-state index is 12.3. The van der Waals surface area contributed by atoms with E-state index < -0.39 is 0 Å². The first-order chi connectivity index (χ1) is 11.1. The Labute approximate surface area is 140 Å². The highest BCUT2D eigenvalue weighted by Crippen LogP contribution is 2.24. The molecule has 23 heavy (non-hydrogen) atoms. The average Bonchev–Trinajstić information content (AvgIpc) is 2.59. The summed E-state index contributed by atoms with van der Waals surface area (Å²) >= 11 is 6.02. The van der Waals surface area contributed by atoms with Gasteiger partial charge in [0.05, 0.1) is 5.02 Å². The predicted octanol–water partition coefficient (Wildman–Crippen LogP) is 4.54. The van der Waals surface area contributed by atoms with Crippen LogP contribution in [0.5, 0.6) is 5.75 Å². The minimum absolute atomic E-state index is 0.0624. The van der Waals surface area contributed by atoms with Crippen molar-refractivity contribution < 1.29 is 9.53 Å². The summed E-state index contributed by atoms with van der Waals surface area (Å²) in [5.74, 6) is 0.370. The van der Waals surface area contributed by atoms with Crippen molar-refractivity contribution in [2.24, 2.45) is 0 Å². The topological polar surface area (TPSA) is 29.5 Å². The Morgan fingerprint density at radius 1 is 1.00 bits per heavy atom. The lowest BCUT2D eigenvalue weighted by atomic mass is 10.1. The van der Waals surface area contributed by atoms with Crippen molar-refractivity contribution in [1.29, 1.82) is 0 Å². The number of likely N-dealkylation sites (N-methyl/N-ethyl adjacent to an activating group) is 1. The highest BCUT2D eigenvalue weighted by Gasteiger charge is 2.13. The molecule has 3 nitrogen and oxygen atoms in total. The minimum Gasteiger partial charge on any atom is -0.482 e. The zero-order chi connectivity index (χ0) is 16.2. The Morgan fingerprint density at radius 2 is 1.70 bits per heavy atom. The molecule has 0 bridgehead atoms. The Bertz CT molecular complexity index is 847. The van der Waals surface area contributed by atoms with Crippen LogP contribution in [0.1, 0.15) is 0 Å². The van der Waals surface area contributed by atoms with Crippen molar-refractivity contribution in [2.45, 2.75) is 0 Å². The van der Waals surface area contributed by atoms with E-state index in [-0.39, 0.29) is 12.5 Å². The molecule has 0 N–H and O–H groups in total. The number of halogens is 1. The van der Waals surface area contributed by atoms with Crippen molar-refractivity contribution in [2.75, 3.05) is 18.6 Å². The molecule has 116 valence electrons. The molecule has 0 heterocycles. The molecule has 0 radical (unpaired) electrons. The highest BCUT2D eigenvalue weighted by molar-refractivity contribution is 6.32. The van der Waals surface area contributed by atoms with Crippen molar-refractivity contribution in [1.82, 2.24) is 0 Å². The van der Waals surface area contributed by atoms with Gasteiger partial charge in [0, 0.05) is 12.7 Å². The number of hydrogen-bond donors (Lipinski definition) is 0. The number of fused-ring (bicyclic) bond motifs is 1. The lowest BCUT2D eigenvalue weighted by Crippen LogP contribution is -2.31. The van der Waals surface area contributed by atoms with Crippen LogP contribution >= 0.6 is 11.6 Å². The second kappa shape index (κ2) is 6.71. The SMILES string of the molecule is CN(C(=O)COc1ccccc1Cl)c1ccc2ccccc2c1. The van der Waals surface area contributed by atoms with Crippen LogP contribution in [0, 0.1) is 0 Å². The quantitative estimate of drug-likeness (QED) is 0.705. The molecule has 0 saturated carbocycles. The fourth-order valence-electron chi connectivity index (χ4n) is 2.33. The number of ether oxygens (including phenoxy) is 1. The van der Waals surface area contributed by atoms with Crippen LogP contribution in [0.15, 0.2) is 66.7 Å². The third kappa shape index (κ3) is 3.46. The van der Waals surface area contributed by atoms with Gasteiger partial charge < -0.3 is 9.64 Å². The van der Waals surface area contributed by atoms with Gasteiger partial charge in [-0.25, -0.2) is 0 Å². The van der Waals surface area contributed by atoms with Crippen LogP contribution in [-0.2, 0) is 4.79 Å². The van der Waals surface area contributed by atoms with Crippen LogP contribution in [0.4, 0.5) is 5.69 Å². The molecule has 0 aliphatic heterocycles. The average molecular weight is 326 g/mol. The summed E-state index contributed by atoms with van der Waals surface area (Å²) in [7, 11) is 1.74. The number of carbonyl (C=O) groups is 1. The smallest absolute Gasteiger partial charge is 0.264 e. The Balaban J connectivity index is 1.72. The molecule has 0 aliphatic carbocycles. The van der Waals surface area contributed by atoms with Crippen LogP contribution in [0.2, 0.25) is 5.02 Å². The zero-order valence-electron chi connectivity index (χ0n) is 12.7. The molecule has 0 unspecified atom stereocenters. The van der Waals surface area contributed by atoms with E-state index in [1.54, 1.807) is 24.1 Å². The van der Waals surface area contributed by atoms with E-state index in [0.717, 1.165) is 16.5 Å². The van der Waals surface area contributed by atoms with Crippen LogP contribution < -0.4 is 9.64 Å². The predicted molar refractivity (Wildman–Crippen MR) is 94.3 cm³/mol. The van der Waals surface area contributed by atoms with E-state index in [2.05, 4.69) is 0 Å². The first kappa shape index (κ1) is 15.4. The molecule has 0 aromatic heterocycles. The maximum absolute atomic E-state index is 12.3. The summed E-state index contributed by atoms with van der Waals surface area (Å²) in [5, 5.41) is 2.73. The second-order valence-corrected chi connectivity index (χ2v) is 5.61. The van der Waals surface area contributed by atoms with Gasteiger partial charge in [-0.2, -0.15) is 0 Å². The molecular weight excluding hydrogens is 310 g/mol. The first-order valence-corrected chi connectivity index (χ1v) is 7.65. The summed E-state index contributed by atoms with van der Waals surface area (Å²) in [6, 6.07) is 21.1. The lowest BCUT2D eigenvalue weighted by molar-refractivity contribution is -0.120. The summed E-state index contributed by atoms with van der Waals surface area (Å²) in [6.45, 7) is -0.0624. The van der Waals surface area contributed by atoms with Crippen molar-refractivity contribution in [3.8, 4) is 5.75 Å². The van der Waals surface area contributed by atoms with Gasteiger partial charge in [0.25, 0.3) is 5.91 Å². The Morgan fingerprint density at radius 3 is 2.48 bits per heavy atom. The van der Waals surface area contributed by atoms with Crippen molar-refractivity contribution in [3.63, 3.8) is 0 Å². The van der Waals surface area contributed by atoms with Gasteiger partial charge in [-0.05, 0) is 35.0 Å². The van der Waals surface area contributed by atoms with Crippen LogP contribution in [0.3, 0.4) is 0 Å². The molecule has 0 fully saturated rings. The fourth-order valence-corrected chi connectivity index (χ4v) is 2.52. The number of anilines is 1. The van der Waals surface area contributed by atoms with Crippen molar-refractivity contribution >= 4 is 34.0 Å². The van der Waals surface area contributed by atoms with Gasteiger partial charge in [-0.1, -0.05) is 54.1 Å². The monoisotopic (exact) mass is 325 g/mol. The third-order valence-corrected chi connectivity index (χ3v) is 3.99. The van der Waals surface area contributed by atoms with E-state index >= 15 is 0 Å². The molecule has 3 aromatic carbocycles. The zero-order valence-corrected chi connectivity index (χ0v) is 13.5. The van der Waals surface area contributed by atoms with E-state index in [1.165, 1.54) is 0 Å². The number of hydrogen-bond acceptors (Lipinski definition) is 2. The molecule has 3 rings (SSSR count). The highest BCUT2D eigenvalue weighted by atomic mass is 35.5. The maximum Gasteiger partial charge on any atom is 0.264 e. The molecule has 4 heteroatoms. The van der Waals surface area contributed by atoms with Gasteiger partial charge in [0.1, 0.15) is 5.75 Å². The number of rotatable bonds is 4. The lowest BCUT2D eigenvalue weighted by Gasteiger charge is -2.18. The summed E-state index contributed by atoms with van der Waals surface area (Å²) < 4.78 is 5.51. The van der Waals surface area contributed by atoms with Gasteiger partial charge in [-0.3, -0.25) is 4.79 Å². The molecule has 0 spiro atoms. The van der Waals surface area contributed by atoms with E-state index in [9.17, 15) is 4.79 Å². The number of para-hydroxylation sites is 1. The van der Waals surface area contributed by atoms with E-state index in [0.29, 0.717) is 10.8 Å². The van der Waals surface area contributed by atoms with Crippen LogP contribution in [0.25, 0.3) is 10.8 Å². The number of amides is 1. The van der Waals surface area contributed by atoms with Gasteiger partial charge in [0.2, 0.25) is 0 Å². The fraction of sp³-hybridized carbons (Fsp3) is 0.105. The number of carbonyl (C=O) groups excluding carboxylic acids is 1. The first-order valence-electron chi connectivity index (χ1n) is 7.28. The standard InChI is InChI=1S/C19H16ClNO2/c1-21(16-11-10-14-6-2-3-7-15(14)12-16)19(22)13-23-18-9-5-4-8-17(18)20/h2-12H,13H2,1H3.